The molecular weight excluding hydrogens is 436 g/mol. The van der Waals surface area contributed by atoms with Crippen molar-refractivity contribution in [2.75, 3.05) is 4.90 Å². The fraction of sp³-hybridized carbons (Fsp3) is 0.321. The largest absolute Gasteiger partial charge is 0.488 e. The Balaban J connectivity index is 1.55. The van der Waals surface area contributed by atoms with Gasteiger partial charge in [-0.05, 0) is 93.3 Å². The Bertz CT molecular complexity index is 1120. The second-order valence-corrected chi connectivity index (χ2v) is 9.66. The number of halogens is 2. The first kappa shape index (κ1) is 23.9. The van der Waals surface area contributed by atoms with E-state index in [9.17, 15) is 18.7 Å². The Hall–Kier alpha value is -3.25. The van der Waals surface area contributed by atoms with Crippen molar-refractivity contribution < 1.29 is 23.4 Å². The van der Waals surface area contributed by atoms with Crippen LogP contribution in [0.4, 0.5) is 14.5 Å². The molecule has 1 amide bonds. The molecule has 34 heavy (non-hydrogen) atoms. The number of carbonyl (C=O) groups excluding carboxylic acids is 1. The summed E-state index contributed by atoms with van der Waals surface area (Å²) in [4.78, 5) is 14.8. The molecule has 1 aliphatic rings. The van der Waals surface area contributed by atoms with Crippen molar-refractivity contribution in [2.45, 2.75) is 51.4 Å². The molecule has 0 bridgehead atoms. The highest BCUT2D eigenvalue weighted by molar-refractivity contribution is 6.03. The van der Waals surface area contributed by atoms with Gasteiger partial charge in [-0.15, -0.1) is 0 Å². The molecule has 3 aromatic carbocycles. The van der Waals surface area contributed by atoms with Gasteiger partial charge in [-0.3, -0.25) is 4.79 Å². The normalized spacial score (nSPS) is 19.0. The van der Waals surface area contributed by atoms with E-state index in [1.54, 1.807) is 29.2 Å². The van der Waals surface area contributed by atoms with Crippen LogP contribution < -0.4 is 9.64 Å². The SMILES string of the molecule is CC(C)(C)Oc1ccc([C@@H]2[C@@H](CCC(O)c3ccc(F)cc3)C(=O)N2c2ccc(F)cc2)cc1. The monoisotopic (exact) mass is 465 g/mol. The quantitative estimate of drug-likeness (QED) is 0.413. The fourth-order valence-electron chi connectivity index (χ4n) is 4.38. The number of aliphatic hydroxyl groups excluding tert-OH is 1. The molecule has 3 aromatic rings. The molecule has 0 aliphatic carbocycles. The molecule has 4 rings (SSSR count). The van der Waals surface area contributed by atoms with Crippen molar-refractivity contribution in [3.8, 4) is 5.75 Å². The minimum absolute atomic E-state index is 0.0714. The third-order valence-electron chi connectivity index (χ3n) is 5.97. The summed E-state index contributed by atoms with van der Waals surface area (Å²) in [5.41, 5.74) is 1.85. The van der Waals surface area contributed by atoms with Gasteiger partial charge in [-0.25, -0.2) is 8.78 Å². The van der Waals surface area contributed by atoms with E-state index >= 15 is 0 Å². The number of β-lactam (4-membered cyclic amide) rings is 1. The molecule has 6 heteroatoms. The zero-order valence-corrected chi connectivity index (χ0v) is 19.5. The predicted octanol–water partition coefficient (Wildman–Crippen LogP) is 6.36. The third kappa shape index (κ3) is 5.28. The number of nitrogens with zero attached hydrogens (tertiary/aromatic N) is 1. The van der Waals surface area contributed by atoms with E-state index in [0.29, 0.717) is 24.1 Å². The molecule has 1 aliphatic heterocycles. The molecule has 1 N–H and O–H groups in total. The van der Waals surface area contributed by atoms with Gasteiger partial charge in [0.25, 0.3) is 0 Å². The number of amides is 1. The summed E-state index contributed by atoms with van der Waals surface area (Å²) in [7, 11) is 0. The molecule has 1 fully saturated rings. The zero-order valence-electron chi connectivity index (χ0n) is 19.5. The van der Waals surface area contributed by atoms with E-state index in [4.69, 9.17) is 4.74 Å². The first-order valence-corrected chi connectivity index (χ1v) is 11.4. The fourth-order valence-corrected chi connectivity index (χ4v) is 4.38. The van der Waals surface area contributed by atoms with Crippen molar-refractivity contribution in [3.63, 3.8) is 0 Å². The van der Waals surface area contributed by atoms with Crippen LogP contribution in [0.25, 0.3) is 0 Å². The molecule has 0 spiro atoms. The van der Waals surface area contributed by atoms with Crippen LogP contribution in [-0.4, -0.2) is 16.6 Å². The number of benzene rings is 3. The Labute approximate surface area is 198 Å². The molecule has 1 unspecified atom stereocenters. The highest BCUT2D eigenvalue weighted by Crippen LogP contribution is 2.46. The smallest absolute Gasteiger partial charge is 0.233 e. The van der Waals surface area contributed by atoms with Crippen LogP contribution in [0.5, 0.6) is 5.75 Å². The lowest BCUT2D eigenvalue weighted by Crippen LogP contribution is -2.55. The van der Waals surface area contributed by atoms with Gasteiger partial charge in [-0.1, -0.05) is 24.3 Å². The molecule has 178 valence electrons. The molecule has 4 nitrogen and oxygen atoms in total. The molecule has 0 aromatic heterocycles. The highest BCUT2D eigenvalue weighted by Gasteiger charge is 2.48. The van der Waals surface area contributed by atoms with Crippen molar-refractivity contribution >= 4 is 11.6 Å². The summed E-state index contributed by atoms with van der Waals surface area (Å²) in [6, 6.07) is 19.0. The summed E-state index contributed by atoms with van der Waals surface area (Å²) in [6.45, 7) is 5.93. The lowest BCUT2D eigenvalue weighted by atomic mass is 9.78. The summed E-state index contributed by atoms with van der Waals surface area (Å²) < 4.78 is 32.6. The maximum absolute atomic E-state index is 13.5. The van der Waals surface area contributed by atoms with Crippen molar-refractivity contribution in [3.05, 3.63) is 95.6 Å². The first-order chi connectivity index (χ1) is 16.1. The zero-order chi connectivity index (χ0) is 24.5. The number of rotatable bonds is 7. The lowest BCUT2D eigenvalue weighted by molar-refractivity contribution is -0.131. The van der Waals surface area contributed by atoms with E-state index in [1.165, 1.54) is 24.3 Å². The van der Waals surface area contributed by atoms with Crippen LogP contribution in [0.3, 0.4) is 0 Å². The molecule has 0 saturated carbocycles. The Morgan fingerprint density at radius 1 is 0.912 bits per heavy atom. The van der Waals surface area contributed by atoms with Crippen LogP contribution in [0.15, 0.2) is 72.8 Å². The molecule has 1 heterocycles. The molecule has 1 saturated heterocycles. The van der Waals surface area contributed by atoms with Gasteiger partial charge in [0, 0.05) is 5.69 Å². The Morgan fingerprint density at radius 2 is 1.47 bits per heavy atom. The predicted molar refractivity (Wildman–Crippen MR) is 128 cm³/mol. The van der Waals surface area contributed by atoms with E-state index < -0.39 is 6.10 Å². The maximum Gasteiger partial charge on any atom is 0.233 e. The van der Waals surface area contributed by atoms with Crippen LogP contribution in [-0.2, 0) is 4.79 Å². The van der Waals surface area contributed by atoms with E-state index in [-0.39, 0.29) is 35.1 Å². The highest BCUT2D eigenvalue weighted by atomic mass is 19.1. The molecular formula is C28H29F2NO3. The number of anilines is 1. The van der Waals surface area contributed by atoms with E-state index in [1.807, 2.05) is 45.0 Å². The van der Waals surface area contributed by atoms with Gasteiger partial charge in [0.1, 0.15) is 23.0 Å². The molecule has 0 radical (unpaired) electrons. The molecule has 3 atom stereocenters. The van der Waals surface area contributed by atoms with E-state index in [2.05, 4.69) is 0 Å². The van der Waals surface area contributed by atoms with Gasteiger partial charge < -0.3 is 14.7 Å². The topological polar surface area (TPSA) is 49.8 Å². The standard InChI is InChI=1S/C28H29F2NO3/c1-28(2,3)34-23-14-6-19(7-15-23)26-24(16-17-25(32)18-4-8-20(29)9-5-18)27(33)31(26)22-12-10-21(30)11-13-22/h4-15,24-26,32H,16-17H2,1-3H3/t24-,25?,26-/m1/s1. The van der Waals surface area contributed by atoms with Crippen molar-refractivity contribution in [2.24, 2.45) is 5.92 Å². The first-order valence-electron chi connectivity index (χ1n) is 11.4. The summed E-state index contributed by atoms with van der Waals surface area (Å²) >= 11 is 0. The summed E-state index contributed by atoms with van der Waals surface area (Å²) in [5, 5.41) is 10.6. The van der Waals surface area contributed by atoms with Gasteiger partial charge in [0.15, 0.2) is 0 Å². The summed E-state index contributed by atoms with van der Waals surface area (Å²) in [5.74, 6) is -0.402. The second kappa shape index (κ2) is 9.55. The summed E-state index contributed by atoms with van der Waals surface area (Å²) in [6.07, 6.45) is 0.0255. The van der Waals surface area contributed by atoms with Gasteiger partial charge in [-0.2, -0.15) is 0 Å². The lowest BCUT2D eigenvalue weighted by Gasteiger charge is -2.48. The average molecular weight is 466 g/mol. The Kier molecular flexibility index (Phi) is 6.71. The number of aliphatic hydroxyl groups is 1. The average Bonchev–Trinajstić information content (AvgIpc) is 2.79. The van der Waals surface area contributed by atoms with Crippen LogP contribution in [0.2, 0.25) is 0 Å². The van der Waals surface area contributed by atoms with Crippen LogP contribution in [0, 0.1) is 17.6 Å². The van der Waals surface area contributed by atoms with Crippen LogP contribution >= 0.6 is 0 Å². The number of ether oxygens (including phenoxy) is 1. The van der Waals surface area contributed by atoms with Gasteiger partial charge >= 0.3 is 0 Å². The van der Waals surface area contributed by atoms with Crippen LogP contribution in [0.1, 0.15) is 56.9 Å². The minimum Gasteiger partial charge on any atom is -0.488 e. The van der Waals surface area contributed by atoms with Gasteiger partial charge in [0.2, 0.25) is 5.91 Å². The maximum atomic E-state index is 13.5. The number of hydrogen-bond donors (Lipinski definition) is 1. The minimum atomic E-state index is -0.795. The van der Waals surface area contributed by atoms with Gasteiger partial charge in [0.05, 0.1) is 18.1 Å². The third-order valence-corrected chi connectivity index (χ3v) is 5.97. The van der Waals surface area contributed by atoms with Crippen molar-refractivity contribution in [1.29, 1.82) is 0 Å². The van der Waals surface area contributed by atoms with E-state index in [0.717, 1.165) is 11.3 Å². The number of hydrogen-bond acceptors (Lipinski definition) is 3. The Morgan fingerprint density at radius 3 is 2.03 bits per heavy atom. The van der Waals surface area contributed by atoms with Crippen molar-refractivity contribution in [1.82, 2.24) is 0 Å². The number of carbonyl (C=O) groups is 1. The second-order valence-electron chi connectivity index (χ2n) is 9.66.